The van der Waals surface area contributed by atoms with Crippen LogP contribution < -0.4 is 22.1 Å². The van der Waals surface area contributed by atoms with Gasteiger partial charge in [0.25, 0.3) is 0 Å². The maximum atomic E-state index is 6.78. The minimum Gasteiger partial charge on any atom is -0.370 e. The fraction of sp³-hybridized carbons (Fsp3) is 0.500. The molecule has 6 nitrogen and oxygen atoms in total. The standard InChI is InChI=1S/C4H12N6.ClH/c1-2(9-3(5)6)10-4(7)8;/h2H,1H3,(H4,5,6,9)(H4,7,8,10);1H. The van der Waals surface area contributed by atoms with Gasteiger partial charge in [0, 0.05) is 0 Å². The number of halogens is 1. The van der Waals surface area contributed by atoms with Crippen LogP contribution in [0.5, 0.6) is 0 Å². The second-order valence-corrected chi connectivity index (χ2v) is 1.84. The molecule has 0 radical (unpaired) electrons. The SMILES string of the molecule is CC(NC(=N)N)NC(=N)N.Cl. The first-order valence-corrected chi connectivity index (χ1v) is 2.73. The van der Waals surface area contributed by atoms with Crippen molar-refractivity contribution < 1.29 is 0 Å². The third-order valence-corrected chi connectivity index (χ3v) is 0.744. The van der Waals surface area contributed by atoms with Crippen LogP contribution in [0.3, 0.4) is 0 Å². The molecule has 0 fully saturated rings. The maximum Gasteiger partial charge on any atom is 0.187 e. The Kier molecular flexibility index (Phi) is 6.37. The highest BCUT2D eigenvalue weighted by molar-refractivity contribution is 5.85. The zero-order chi connectivity index (χ0) is 8.15. The number of nitrogens with two attached hydrogens (primary N) is 2. The average molecular weight is 181 g/mol. The molecule has 0 bridgehead atoms. The topological polar surface area (TPSA) is 124 Å². The average Bonchev–Trinajstić information content (AvgIpc) is 1.58. The molecule has 0 saturated carbocycles. The van der Waals surface area contributed by atoms with E-state index in [4.69, 9.17) is 22.3 Å². The molecule has 0 unspecified atom stereocenters. The summed E-state index contributed by atoms with van der Waals surface area (Å²) in [5, 5.41) is 18.6. The molecular formula is C4H13ClN6. The maximum absolute atomic E-state index is 6.78. The van der Waals surface area contributed by atoms with Gasteiger partial charge in [-0.05, 0) is 6.92 Å². The molecule has 0 atom stereocenters. The molecule has 0 aromatic rings. The van der Waals surface area contributed by atoms with Gasteiger partial charge in [-0.25, -0.2) is 0 Å². The summed E-state index contributed by atoms with van der Waals surface area (Å²) in [6.45, 7) is 1.70. The quantitative estimate of drug-likeness (QED) is 0.180. The van der Waals surface area contributed by atoms with E-state index in [1.807, 2.05) is 0 Å². The summed E-state index contributed by atoms with van der Waals surface area (Å²) in [5.41, 5.74) is 9.98. The van der Waals surface area contributed by atoms with E-state index < -0.39 is 0 Å². The molecule has 0 heterocycles. The lowest BCUT2D eigenvalue weighted by molar-refractivity contribution is 0.616. The van der Waals surface area contributed by atoms with Gasteiger partial charge in [0.1, 0.15) is 0 Å². The lowest BCUT2D eigenvalue weighted by Crippen LogP contribution is -2.50. The van der Waals surface area contributed by atoms with Gasteiger partial charge in [0.15, 0.2) is 11.9 Å². The van der Waals surface area contributed by atoms with E-state index in [0.717, 1.165) is 0 Å². The Bertz CT molecular complexity index is 130. The monoisotopic (exact) mass is 180 g/mol. The van der Waals surface area contributed by atoms with Crippen molar-refractivity contribution in [1.29, 1.82) is 10.8 Å². The third-order valence-electron chi connectivity index (χ3n) is 0.744. The molecule has 0 rings (SSSR count). The molecule has 8 N–H and O–H groups in total. The van der Waals surface area contributed by atoms with Crippen LogP contribution in [0.4, 0.5) is 0 Å². The lowest BCUT2D eigenvalue weighted by atomic mass is 10.5. The predicted octanol–water partition coefficient (Wildman–Crippen LogP) is -1.28. The van der Waals surface area contributed by atoms with Gasteiger partial charge in [-0.3, -0.25) is 10.8 Å². The van der Waals surface area contributed by atoms with E-state index in [1.54, 1.807) is 6.92 Å². The highest BCUT2D eigenvalue weighted by atomic mass is 35.5. The summed E-state index contributed by atoms with van der Waals surface area (Å²) in [7, 11) is 0. The van der Waals surface area contributed by atoms with Crippen LogP contribution in [0, 0.1) is 10.8 Å². The zero-order valence-corrected chi connectivity index (χ0v) is 6.96. The van der Waals surface area contributed by atoms with Gasteiger partial charge in [-0.15, -0.1) is 12.4 Å². The van der Waals surface area contributed by atoms with Crippen molar-refractivity contribution in [1.82, 2.24) is 10.6 Å². The van der Waals surface area contributed by atoms with Crippen molar-refractivity contribution in [3.05, 3.63) is 0 Å². The van der Waals surface area contributed by atoms with Crippen molar-refractivity contribution in [3.8, 4) is 0 Å². The third kappa shape index (κ3) is 8.83. The molecule has 66 valence electrons. The fourth-order valence-electron chi connectivity index (χ4n) is 0.503. The van der Waals surface area contributed by atoms with Gasteiger partial charge in [-0.2, -0.15) is 0 Å². The number of hydrogen-bond acceptors (Lipinski definition) is 2. The molecule has 0 aliphatic rings. The van der Waals surface area contributed by atoms with Gasteiger partial charge in [0.05, 0.1) is 6.17 Å². The molecule has 0 spiro atoms. The minimum absolute atomic E-state index is 0. The minimum atomic E-state index is -0.282. The van der Waals surface area contributed by atoms with Gasteiger partial charge in [-0.1, -0.05) is 0 Å². The van der Waals surface area contributed by atoms with Crippen LogP contribution in [0.2, 0.25) is 0 Å². The number of nitrogens with one attached hydrogen (secondary N) is 4. The Labute approximate surface area is 71.1 Å². The normalized spacial score (nSPS) is 10.6. The molecule has 0 aliphatic heterocycles. The number of hydrogen-bond donors (Lipinski definition) is 6. The van der Waals surface area contributed by atoms with E-state index in [-0.39, 0.29) is 30.5 Å². The molecule has 0 amide bonds. The van der Waals surface area contributed by atoms with E-state index in [1.165, 1.54) is 0 Å². The van der Waals surface area contributed by atoms with Crippen molar-refractivity contribution in [2.45, 2.75) is 13.1 Å². The van der Waals surface area contributed by atoms with Crippen LogP contribution >= 0.6 is 12.4 Å². The van der Waals surface area contributed by atoms with E-state index in [9.17, 15) is 0 Å². The number of rotatable bonds is 2. The van der Waals surface area contributed by atoms with E-state index in [0.29, 0.717) is 0 Å². The first-order valence-electron chi connectivity index (χ1n) is 2.73. The first-order chi connectivity index (χ1) is 4.52. The second-order valence-electron chi connectivity index (χ2n) is 1.84. The van der Waals surface area contributed by atoms with Gasteiger partial charge >= 0.3 is 0 Å². The molecule has 0 aliphatic carbocycles. The van der Waals surface area contributed by atoms with Gasteiger partial charge in [0.2, 0.25) is 0 Å². The Balaban J connectivity index is 0. The van der Waals surface area contributed by atoms with Gasteiger partial charge < -0.3 is 22.1 Å². The Morgan fingerprint density at radius 3 is 1.64 bits per heavy atom. The predicted molar refractivity (Wildman–Crippen MR) is 46.8 cm³/mol. The highest BCUT2D eigenvalue weighted by Gasteiger charge is 1.99. The van der Waals surface area contributed by atoms with Crippen LogP contribution in [0.25, 0.3) is 0 Å². The molecule has 0 aromatic heterocycles. The van der Waals surface area contributed by atoms with Crippen molar-refractivity contribution in [2.24, 2.45) is 11.5 Å². The van der Waals surface area contributed by atoms with Crippen molar-refractivity contribution in [3.63, 3.8) is 0 Å². The van der Waals surface area contributed by atoms with Crippen LogP contribution in [0.15, 0.2) is 0 Å². The van der Waals surface area contributed by atoms with Crippen LogP contribution in [-0.4, -0.2) is 18.1 Å². The van der Waals surface area contributed by atoms with Crippen LogP contribution in [0.1, 0.15) is 6.92 Å². The smallest absolute Gasteiger partial charge is 0.187 e. The molecule has 0 aromatic carbocycles. The Morgan fingerprint density at radius 1 is 1.18 bits per heavy atom. The summed E-state index contributed by atoms with van der Waals surface area (Å²) in [6, 6.07) is 0. The summed E-state index contributed by atoms with van der Waals surface area (Å²) in [6.07, 6.45) is -0.282. The van der Waals surface area contributed by atoms with E-state index in [2.05, 4.69) is 10.6 Å². The zero-order valence-electron chi connectivity index (χ0n) is 6.14. The molecule has 7 heteroatoms. The summed E-state index contributed by atoms with van der Waals surface area (Å²) < 4.78 is 0. The van der Waals surface area contributed by atoms with Crippen molar-refractivity contribution in [2.75, 3.05) is 0 Å². The largest absolute Gasteiger partial charge is 0.370 e. The van der Waals surface area contributed by atoms with Crippen LogP contribution in [-0.2, 0) is 0 Å². The molecular weight excluding hydrogens is 168 g/mol. The summed E-state index contributed by atoms with van der Waals surface area (Å²) in [5.74, 6) is -0.303. The fourth-order valence-corrected chi connectivity index (χ4v) is 0.503. The first kappa shape index (κ1) is 12.5. The number of guanidine groups is 2. The molecule has 11 heavy (non-hydrogen) atoms. The highest BCUT2D eigenvalue weighted by Crippen LogP contribution is 1.69. The Morgan fingerprint density at radius 2 is 1.45 bits per heavy atom. The Hall–Kier alpha value is -1.17. The second kappa shape index (κ2) is 5.60. The molecule has 0 saturated heterocycles. The van der Waals surface area contributed by atoms with E-state index >= 15 is 0 Å². The summed E-state index contributed by atoms with van der Waals surface area (Å²) >= 11 is 0. The summed E-state index contributed by atoms with van der Waals surface area (Å²) in [4.78, 5) is 0. The van der Waals surface area contributed by atoms with Crippen molar-refractivity contribution >= 4 is 24.3 Å². The lowest BCUT2D eigenvalue weighted by Gasteiger charge is -2.14.